The van der Waals surface area contributed by atoms with E-state index >= 15 is 0 Å². The van der Waals surface area contributed by atoms with Crippen LogP contribution < -0.4 is 10.6 Å². The molecule has 3 amide bonds. The Morgan fingerprint density at radius 2 is 1.93 bits per heavy atom. The zero-order chi connectivity index (χ0) is 21.9. The van der Waals surface area contributed by atoms with Crippen LogP contribution in [0.5, 0.6) is 0 Å². The maximum Gasteiger partial charge on any atom is 0.321 e. The lowest BCUT2D eigenvalue weighted by Crippen LogP contribution is -2.41. The van der Waals surface area contributed by atoms with E-state index < -0.39 is 27.2 Å². The van der Waals surface area contributed by atoms with E-state index in [1.807, 2.05) is 11.5 Å². The summed E-state index contributed by atoms with van der Waals surface area (Å²) in [4.78, 5) is 28.4. The van der Waals surface area contributed by atoms with Crippen molar-refractivity contribution in [3.8, 4) is 0 Å². The lowest BCUT2D eigenvalue weighted by atomic mass is 10.2. The highest BCUT2D eigenvalue weighted by atomic mass is 32.2. The summed E-state index contributed by atoms with van der Waals surface area (Å²) in [6.07, 6.45) is 2.81. The summed E-state index contributed by atoms with van der Waals surface area (Å²) in [5.41, 5.74) is 1.37. The molecule has 1 aromatic carbocycles. The molecule has 164 valence electrons. The second-order valence-electron chi connectivity index (χ2n) is 7.08. The van der Waals surface area contributed by atoms with E-state index in [0.717, 1.165) is 24.8 Å². The molecule has 1 aliphatic rings. The average Bonchev–Trinajstić information content (AvgIpc) is 3.10. The maximum atomic E-state index is 13.0. The van der Waals surface area contributed by atoms with Gasteiger partial charge < -0.3 is 9.88 Å². The lowest BCUT2D eigenvalue weighted by molar-refractivity contribution is -0.119. The van der Waals surface area contributed by atoms with Gasteiger partial charge in [0.2, 0.25) is 15.9 Å². The molecule has 11 heteroatoms. The molecular weight excluding hydrogens is 426 g/mol. The SMILES string of the molecule is CCn1c(SC(C)C(=O)NC(=O)NC)nc2cc(S(=O)(=O)N3CCCCC3)ccc21. The molecule has 1 fully saturated rings. The van der Waals surface area contributed by atoms with E-state index in [9.17, 15) is 18.0 Å². The zero-order valence-corrected chi connectivity index (χ0v) is 19.0. The van der Waals surface area contributed by atoms with Crippen LogP contribution in [0.1, 0.15) is 33.1 Å². The quantitative estimate of drug-likeness (QED) is 0.648. The summed E-state index contributed by atoms with van der Waals surface area (Å²) in [6.45, 7) is 5.35. The topological polar surface area (TPSA) is 113 Å². The molecule has 1 aliphatic heterocycles. The van der Waals surface area contributed by atoms with Gasteiger partial charge in [0, 0.05) is 26.7 Å². The Bertz CT molecular complexity index is 1040. The predicted octanol–water partition coefficient (Wildman–Crippen LogP) is 2.17. The van der Waals surface area contributed by atoms with Crippen molar-refractivity contribution in [1.29, 1.82) is 0 Å². The number of rotatable bonds is 6. The molecule has 30 heavy (non-hydrogen) atoms. The number of hydrogen-bond donors (Lipinski definition) is 2. The van der Waals surface area contributed by atoms with Gasteiger partial charge in [0.1, 0.15) is 0 Å². The number of aryl methyl sites for hydroxylation is 1. The van der Waals surface area contributed by atoms with Crippen molar-refractivity contribution in [2.75, 3.05) is 20.1 Å². The van der Waals surface area contributed by atoms with Gasteiger partial charge in [-0.25, -0.2) is 18.2 Å². The van der Waals surface area contributed by atoms with Crippen LogP contribution in [0.15, 0.2) is 28.3 Å². The second kappa shape index (κ2) is 9.36. The monoisotopic (exact) mass is 453 g/mol. The van der Waals surface area contributed by atoms with Crippen molar-refractivity contribution in [1.82, 2.24) is 24.5 Å². The molecule has 0 spiro atoms. The van der Waals surface area contributed by atoms with Gasteiger partial charge in [0.15, 0.2) is 5.16 Å². The van der Waals surface area contributed by atoms with E-state index in [-0.39, 0.29) is 4.90 Å². The number of carbonyl (C=O) groups is 2. The van der Waals surface area contributed by atoms with E-state index in [1.165, 1.54) is 23.1 Å². The molecule has 1 saturated heterocycles. The minimum absolute atomic E-state index is 0.236. The van der Waals surface area contributed by atoms with Crippen LogP contribution in [-0.2, 0) is 21.4 Å². The number of fused-ring (bicyclic) bond motifs is 1. The zero-order valence-electron chi connectivity index (χ0n) is 17.3. The van der Waals surface area contributed by atoms with Gasteiger partial charge >= 0.3 is 6.03 Å². The molecule has 9 nitrogen and oxygen atoms in total. The number of aromatic nitrogens is 2. The smallest absolute Gasteiger partial charge is 0.321 e. The summed E-state index contributed by atoms with van der Waals surface area (Å²) in [6, 6.07) is 4.42. The molecule has 0 saturated carbocycles. The number of amides is 3. The second-order valence-corrected chi connectivity index (χ2v) is 10.3. The van der Waals surface area contributed by atoms with E-state index in [2.05, 4.69) is 15.6 Å². The number of nitrogens with one attached hydrogen (secondary N) is 2. The number of hydrogen-bond acceptors (Lipinski definition) is 6. The minimum Gasteiger partial charge on any atom is -0.341 e. The Labute approximate surface area is 180 Å². The van der Waals surface area contributed by atoms with Gasteiger partial charge in [-0.2, -0.15) is 4.31 Å². The molecule has 2 heterocycles. The third kappa shape index (κ3) is 4.62. The van der Waals surface area contributed by atoms with Crippen molar-refractivity contribution in [2.45, 2.75) is 55.0 Å². The van der Waals surface area contributed by atoms with Crippen molar-refractivity contribution < 1.29 is 18.0 Å². The van der Waals surface area contributed by atoms with Crippen molar-refractivity contribution in [3.63, 3.8) is 0 Å². The van der Waals surface area contributed by atoms with Crippen molar-refractivity contribution >= 4 is 44.8 Å². The van der Waals surface area contributed by atoms with E-state index in [0.29, 0.717) is 30.3 Å². The fourth-order valence-electron chi connectivity index (χ4n) is 3.39. The van der Waals surface area contributed by atoms with Crippen LogP contribution >= 0.6 is 11.8 Å². The number of piperidine rings is 1. The Morgan fingerprint density at radius 3 is 2.57 bits per heavy atom. The Kier molecular flexibility index (Phi) is 7.04. The number of nitrogens with zero attached hydrogens (tertiary/aromatic N) is 3. The molecule has 2 aromatic rings. The van der Waals surface area contributed by atoms with Crippen LogP contribution in [0.3, 0.4) is 0 Å². The van der Waals surface area contributed by atoms with Gasteiger partial charge in [-0.05, 0) is 44.9 Å². The highest BCUT2D eigenvalue weighted by Gasteiger charge is 2.27. The summed E-state index contributed by atoms with van der Waals surface area (Å²) >= 11 is 1.22. The summed E-state index contributed by atoms with van der Waals surface area (Å²) < 4.78 is 29.4. The molecule has 2 N–H and O–H groups in total. The normalized spacial score (nSPS) is 16.4. The predicted molar refractivity (Wildman–Crippen MR) is 116 cm³/mol. The number of sulfonamides is 1. The first-order valence-corrected chi connectivity index (χ1v) is 12.3. The third-order valence-corrected chi connectivity index (χ3v) is 8.05. The summed E-state index contributed by atoms with van der Waals surface area (Å²) in [5.74, 6) is -0.428. The Hall–Kier alpha value is -2.11. The first kappa shape index (κ1) is 22.6. The first-order valence-electron chi connectivity index (χ1n) is 9.97. The molecule has 0 bridgehead atoms. The van der Waals surface area contributed by atoms with Gasteiger partial charge in [0.05, 0.1) is 21.2 Å². The highest BCUT2D eigenvalue weighted by Crippen LogP contribution is 2.30. The largest absolute Gasteiger partial charge is 0.341 e. The number of imidazole rings is 1. The van der Waals surface area contributed by atoms with Crippen LogP contribution in [0.2, 0.25) is 0 Å². The van der Waals surface area contributed by atoms with Crippen LogP contribution in [0, 0.1) is 0 Å². The number of urea groups is 1. The first-order chi connectivity index (χ1) is 14.3. The standard InChI is InChI=1S/C19H27N5O4S2/c1-4-24-16-9-8-14(30(27,28)23-10-6-5-7-11-23)12-15(16)21-19(24)29-13(2)17(25)22-18(26)20-3/h8-9,12-13H,4-7,10-11H2,1-3H3,(H2,20,22,25,26). The maximum absolute atomic E-state index is 13.0. The molecule has 1 aromatic heterocycles. The highest BCUT2D eigenvalue weighted by molar-refractivity contribution is 8.00. The molecule has 0 aliphatic carbocycles. The molecule has 0 radical (unpaired) electrons. The molecule has 1 unspecified atom stereocenters. The number of carbonyl (C=O) groups excluding carboxylic acids is 2. The fourth-order valence-corrected chi connectivity index (χ4v) is 5.91. The average molecular weight is 454 g/mol. The summed E-state index contributed by atoms with van der Waals surface area (Å²) in [7, 11) is -2.11. The van der Waals surface area contributed by atoms with Crippen molar-refractivity contribution in [3.05, 3.63) is 18.2 Å². The summed E-state index contributed by atoms with van der Waals surface area (Å²) in [5, 5.41) is 4.64. The minimum atomic E-state index is -3.55. The van der Waals surface area contributed by atoms with Gasteiger partial charge in [0.25, 0.3) is 0 Å². The van der Waals surface area contributed by atoms with Crippen molar-refractivity contribution in [2.24, 2.45) is 0 Å². The van der Waals surface area contributed by atoms with Crippen LogP contribution in [-0.4, -0.2) is 59.6 Å². The third-order valence-electron chi connectivity index (χ3n) is 5.07. The number of benzene rings is 1. The molecule has 1 atom stereocenters. The lowest BCUT2D eigenvalue weighted by Gasteiger charge is -2.25. The van der Waals surface area contributed by atoms with Crippen LogP contribution in [0.25, 0.3) is 11.0 Å². The Morgan fingerprint density at radius 1 is 1.23 bits per heavy atom. The van der Waals surface area contributed by atoms with Gasteiger partial charge in [-0.3, -0.25) is 10.1 Å². The van der Waals surface area contributed by atoms with Crippen LogP contribution in [0.4, 0.5) is 4.79 Å². The molecule has 3 rings (SSSR count). The van der Waals surface area contributed by atoms with Gasteiger partial charge in [-0.15, -0.1) is 0 Å². The number of imide groups is 1. The fraction of sp³-hybridized carbons (Fsp3) is 0.526. The van der Waals surface area contributed by atoms with Gasteiger partial charge in [-0.1, -0.05) is 18.2 Å². The van der Waals surface area contributed by atoms with E-state index in [4.69, 9.17) is 0 Å². The molecular formula is C19H27N5O4S2. The van der Waals surface area contributed by atoms with E-state index in [1.54, 1.807) is 25.1 Å². The Balaban J connectivity index is 1.88. The number of thioether (sulfide) groups is 1.